The third kappa shape index (κ3) is 5.31. The molecule has 0 saturated heterocycles. The molecule has 0 heterocycles. The molecule has 0 bridgehead atoms. The van der Waals surface area contributed by atoms with Crippen LogP contribution in [0.15, 0.2) is 24.3 Å². The largest absolute Gasteiger partial charge is 0.497 e. The summed E-state index contributed by atoms with van der Waals surface area (Å²) in [7, 11) is -1.80. The van der Waals surface area contributed by atoms with Gasteiger partial charge >= 0.3 is 0 Å². The van der Waals surface area contributed by atoms with Crippen LogP contribution in [-0.2, 0) is 10.0 Å². The fourth-order valence-electron chi connectivity index (χ4n) is 2.14. The topological polar surface area (TPSA) is 75.7 Å². The smallest absolute Gasteiger partial charge is 0.251 e. The lowest BCUT2D eigenvalue weighted by atomic mass is 10.1. The number of benzene rings is 1. The SMILES string of the molecule is COc1cccc(C(=O)NCCN(C(C)(C)C)S(C)(=O)=O)c1. The molecule has 0 aliphatic rings. The Kier molecular flexibility index (Phi) is 5.96. The molecule has 0 unspecified atom stereocenters. The number of nitrogens with one attached hydrogen (secondary N) is 1. The van der Waals surface area contributed by atoms with Crippen molar-refractivity contribution in [2.24, 2.45) is 0 Å². The molecule has 0 saturated carbocycles. The van der Waals surface area contributed by atoms with Crippen LogP contribution in [0.1, 0.15) is 31.1 Å². The van der Waals surface area contributed by atoms with Crippen molar-refractivity contribution >= 4 is 15.9 Å². The van der Waals surface area contributed by atoms with Gasteiger partial charge in [-0.05, 0) is 39.0 Å². The summed E-state index contributed by atoms with van der Waals surface area (Å²) in [6.45, 7) is 5.91. The summed E-state index contributed by atoms with van der Waals surface area (Å²) in [6, 6.07) is 6.79. The third-order valence-electron chi connectivity index (χ3n) is 3.08. The molecule has 1 aromatic rings. The first-order valence-electron chi connectivity index (χ1n) is 6.96. The number of amides is 1. The highest BCUT2D eigenvalue weighted by Crippen LogP contribution is 2.16. The molecule has 7 heteroatoms. The van der Waals surface area contributed by atoms with Gasteiger partial charge in [-0.25, -0.2) is 8.42 Å². The maximum atomic E-state index is 12.1. The minimum Gasteiger partial charge on any atom is -0.497 e. The van der Waals surface area contributed by atoms with Crippen LogP contribution in [0.5, 0.6) is 5.75 Å². The van der Waals surface area contributed by atoms with Crippen LogP contribution in [0, 0.1) is 0 Å². The average Bonchev–Trinajstić information content (AvgIpc) is 2.40. The lowest BCUT2D eigenvalue weighted by molar-refractivity contribution is 0.0947. The summed E-state index contributed by atoms with van der Waals surface area (Å²) in [6.07, 6.45) is 1.17. The number of carbonyl (C=O) groups excluding carboxylic acids is 1. The van der Waals surface area contributed by atoms with Crippen LogP contribution in [0.25, 0.3) is 0 Å². The number of methoxy groups -OCH3 is 1. The van der Waals surface area contributed by atoms with Gasteiger partial charge in [0.1, 0.15) is 5.75 Å². The Hall–Kier alpha value is -1.60. The quantitative estimate of drug-likeness (QED) is 0.858. The standard InChI is InChI=1S/C15H24N2O4S/c1-15(2,3)17(22(5,19)20)10-9-16-14(18)12-7-6-8-13(11-12)21-4/h6-8,11H,9-10H2,1-5H3,(H,16,18). The minimum atomic E-state index is -3.33. The number of sulfonamides is 1. The van der Waals surface area contributed by atoms with Crippen LogP contribution < -0.4 is 10.1 Å². The predicted molar refractivity (Wildman–Crippen MR) is 86.6 cm³/mol. The molecule has 0 spiro atoms. The van der Waals surface area contributed by atoms with Gasteiger partial charge in [-0.3, -0.25) is 4.79 Å². The van der Waals surface area contributed by atoms with E-state index < -0.39 is 15.6 Å². The van der Waals surface area contributed by atoms with Crippen molar-refractivity contribution in [3.8, 4) is 5.75 Å². The zero-order valence-electron chi connectivity index (χ0n) is 13.7. The predicted octanol–water partition coefficient (Wildman–Crippen LogP) is 1.49. The molecule has 0 aromatic heterocycles. The van der Waals surface area contributed by atoms with Gasteiger partial charge in [0.25, 0.3) is 5.91 Å². The van der Waals surface area contributed by atoms with Crippen molar-refractivity contribution in [3.63, 3.8) is 0 Å². The molecule has 1 rings (SSSR count). The van der Waals surface area contributed by atoms with E-state index in [9.17, 15) is 13.2 Å². The van der Waals surface area contributed by atoms with E-state index in [-0.39, 0.29) is 19.0 Å². The second kappa shape index (κ2) is 7.11. The Morgan fingerprint density at radius 3 is 2.45 bits per heavy atom. The Balaban J connectivity index is 2.67. The van der Waals surface area contributed by atoms with E-state index in [0.717, 1.165) is 0 Å². The number of hydrogen-bond acceptors (Lipinski definition) is 4. The van der Waals surface area contributed by atoms with Crippen LogP contribution in [0.4, 0.5) is 0 Å². The molecule has 124 valence electrons. The van der Waals surface area contributed by atoms with Crippen LogP contribution in [0.3, 0.4) is 0 Å². The molecule has 1 amide bonds. The number of nitrogens with zero attached hydrogens (tertiary/aromatic N) is 1. The van der Waals surface area contributed by atoms with Crippen LogP contribution in [0.2, 0.25) is 0 Å². The van der Waals surface area contributed by atoms with E-state index in [1.807, 2.05) is 20.8 Å². The van der Waals surface area contributed by atoms with Crippen molar-refractivity contribution in [3.05, 3.63) is 29.8 Å². The molecule has 1 aromatic carbocycles. The van der Waals surface area contributed by atoms with E-state index in [4.69, 9.17) is 4.74 Å². The summed E-state index contributed by atoms with van der Waals surface area (Å²) in [5, 5.41) is 2.72. The minimum absolute atomic E-state index is 0.220. The van der Waals surface area contributed by atoms with Gasteiger partial charge < -0.3 is 10.1 Å². The van der Waals surface area contributed by atoms with Gasteiger partial charge in [0, 0.05) is 24.2 Å². The summed E-state index contributed by atoms with van der Waals surface area (Å²) >= 11 is 0. The zero-order chi connectivity index (χ0) is 17.0. The molecular formula is C15H24N2O4S. The highest BCUT2D eigenvalue weighted by atomic mass is 32.2. The first kappa shape index (κ1) is 18.4. The molecule has 0 aliphatic carbocycles. The van der Waals surface area contributed by atoms with Crippen LogP contribution in [-0.4, -0.2) is 50.6 Å². The third-order valence-corrected chi connectivity index (χ3v) is 4.61. The fourth-order valence-corrected chi connectivity index (χ4v) is 3.55. The van der Waals surface area contributed by atoms with E-state index in [2.05, 4.69) is 5.32 Å². The van der Waals surface area contributed by atoms with Gasteiger partial charge in [-0.1, -0.05) is 6.07 Å². The monoisotopic (exact) mass is 328 g/mol. The second-order valence-corrected chi connectivity index (χ2v) is 7.90. The molecule has 0 radical (unpaired) electrons. The number of ether oxygens (including phenoxy) is 1. The lowest BCUT2D eigenvalue weighted by Crippen LogP contribution is -2.48. The Labute approximate surface area is 132 Å². The van der Waals surface area contributed by atoms with Gasteiger partial charge in [-0.15, -0.1) is 0 Å². The van der Waals surface area contributed by atoms with Gasteiger partial charge in [0.15, 0.2) is 0 Å². The molecule has 22 heavy (non-hydrogen) atoms. The van der Waals surface area contributed by atoms with Crippen molar-refractivity contribution in [1.29, 1.82) is 0 Å². The van der Waals surface area contributed by atoms with Gasteiger partial charge in [-0.2, -0.15) is 4.31 Å². The Morgan fingerprint density at radius 1 is 1.32 bits per heavy atom. The van der Waals surface area contributed by atoms with E-state index >= 15 is 0 Å². The first-order valence-corrected chi connectivity index (χ1v) is 8.80. The molecule has 0 aliphatic heterocycles. The summed E-state index contributed by atoms with van der Waals surface area (Å²) in [5.41, 5.74) is -0.0603. The van der Waals surface area contributed by atoms with Gasteiger partial charge in [0.2, 0.25) is 10.0 Å². The molecule has 0 atom stereocenters. The summed E-state index contributed by atoms with van der Waals surface area (Å²) in [5.74, 6) is 0.335. The Bertz CT molecular complexity index is 621. The molecule has 6 nitrogen and oxygen atoms in total. The zero-order valence-corrected chi connectivity index (χ0v) is 14.5. The molecular weight excluding hydrogens is 304 g/mol. The van der Waals surface area contributed by atoms with E-state index in [1.54, 1.807) is 24.3 Å². The Morgan fingerprint density at radius 2 is 1.95 bits per heavy atom. The van der Waals surface area contributed by atoms with Crippen molar-refractivity contribution in [2.45, 2.75) is 26.3 Å². The maximum Gasteiger partial charge on any atom is 0.251 e. The second-order valence-electron chi connectivity index (χ2n) is 5.99. The van der Waals surface area contributed by atoms with Crippen LogP contribution >= 0.6 is 0 Å². The van der Waals surface area contributed by atoms with Crippen molar-refractivity contribution in [1.82, 2.24) is 9.62 Å². The van der Waals surface area contributed by atoms with Gasteiger partial charge in [0.05, 0.1) is 13.4 Å². The van der Waals surface area contributed by atoms with Crippen molar-refractivity contribution in [2.75, 3.05) is 26.5 Å². The first-order chi connectivity index (χ1) is 10.1. The van der Waals surface area contributed by atoms with E-state index in [0.29, 0.717) is 11.3 Å². The average molecular weight is 328 g/mol. The lowest BCUT2D eigenvalue weighted by Gasteiger charge is -2.33. The van der Waals surface area contributed by atoms with E-state index in [1.165, 1.54) is 17.7 Å². The number of hydrogen-bond donors (Lipinski definition) is 1. The molecule has 0 fully saturated rings. The highest BCUT2D eigenvalue weighted by Gasteiger charge is 2.29. The maximum absolute atomic E-state index is 12.1. The fraction of sp³-hybridized carbons (Fsp3) is 0.533. The highest BCUT2D eigenvalue weighted by molar-refractivity contribution is 7.88. The van der Waals surface area contributed by atoms with Crippen molar-refractivity contribution < 1.29 is 17.9 Å². The normalized spacial score (nSPS) is 12.3. The summed E-state index contributed by atoms with van der Waals surface area (Å²) in [4.78, 5) is 12.1. The molecule has 1 N–H and O–H groups in total. The summed E-state index contributed by atoms with van der Waals surface area (Å²) < 4.78 is 30.0. The number of rotatable bonds is 6. The number of carbonyl (C=O) groups is 1.